The quantitative estimate of drug-likeness (QED) is 0.301. The number of nitrogens with one attached hydrogen (secondary N) is 1. The molecule has 0 radical (unpaired) electrons. The van der Waals surface area contributed by atoms with Crippen LogP contribution in [0, 0.1) is 0 Å². The second-order valence-electron chi connectivity index (χ2n) is 4.13. The molecular weight excluding hydrogens is 266 g/mol. The van der Waals surface area contributed by atoms with Gasteiger partial charge in [0.25, 0.3) is 0 Å². The molecule has 0 fully saturated rings. The second-order valence-corrected chi connectivity index (χ2v) is 5.90. The highest BCUT2D eigenvalue weighted by atomic mass is 32.2. The molecule has 0 aromatic heterocycles. The van der Waals surface area contributed by atoms with Crippen molar-refractivity contribution in [1.29, 1.82) is 0 Å². The first-order chi connectivity index (χ1) is 8.99. The molecule has 106 valence electrons. The third kappa shape index (κ3) is 4.88. The zero-order valence-electron chi connectivity index (χ0n) is 10.8. The van der Waals surface area contributed by atoms with Gasteiger partial charge >= 0.3 is 0 Å². The van der Waals surface area contributed by atoms with Gasteiger partial charge in [0.05, 0.1) is 4.90 Å². The average Bonchev–Trinajstić information content (AvgIpc) is 2.39. The molecule has 0 unspecified atom stereocenters. The Morgan fingerprint density at radius 2 is 2.00 bits per heavy atom. The van der Waals surface area contributed by atoms with E-state index >= 15 is 0 Å². The normalized spacial score (nSPS) is 12.6. The van der Waals surface area contributed by atoms with Crippen molar-refractivity contribution in [2.24, 2.45) is 10.9 Å². The lowest BCUT2D eigenvalue weighted by Gasteiger charge is -2.07. The van der Waals surface area contributed by atoms with Crippen molar-refractivity contribution in [3.05, 3.63) is 29.8 Å². The van der Waals surface area contributed by atoms with Crippen LogP contribution < -0.4 is 10.5 Å². The summed E-state index contributed by atoms with van der Waals surface area (Å²) in [6.45, 7) is 2.16. The molecule has 0 heterocycles. The maximum atomic E-state index is 11.9. The van der Waals surface area contributed by atoms with Gasteiger partial charge in [-0.3, -0.25) is 0 Å². The van der Waals surface area contributed by atoms with Crippen LogP contribution in [0.2, 0.25) is 0 Å². The van der Waals surface area contributed by atoms with E-state index in [1.54, 1.807) is 12.1 Å². The minimum Gasteiger partial charge on any atom is -0.409 e. The van der Waals surface area contributed by atoms with E-state index < -0.39 is 10.0 Å². The highest BCUT2D eigenvalue weighted by Crippen LogP contribution is 2.11. The van der Waals surface area contributed by atoms with Crippen molar-refractivity contribution < 1.29 is 13.6 Å². The summed E-state index contributed by atoms with van der Waals surface area (Å²) < 4.78 is 26.2. The standard InChI is InChI=1S/C12H19N3O3S/c1-2-3-10-4-6-11(7-5-10)19(17,18)14-9-8-12(13)15-16/h4-7,14,16H,2-3,8-9H2,1H3,(H2,13,15). The lowest BCUT2D eigenvalue weighted by Crippen LogP contribution is -2.28. The summed E-state index contributed by atoms with van der Waals surface area (Å²) in [5, 5.41) is 11.1. The molecule has 0 atom stereocenters. The Labute approximate surface area is 113 Å². The topological polar surface area (TPSA) is 105 Å². The number of benzene rings is 1. The summed E-state index contributed by atoms with van der Waals surface area (Å²) in [7, 11) is -3.54. The monoisotopic (exact) mass is 285 g/mol. The second kappa shape index (κ2) is 7.10. The number of amidine groups is 1. The van der Waals surface area contributed by atoms with E-state index in [4.69, 9.17) is 10.9 Å². The van der Waals surface area contributed by atoms with Gasteiger partial charge in [-0.1, -0.05) is 30.6 Å². The van der Waals surface area contributed by atoms with E-state index in [9.17, 15) is 8.42 Å². The van der Waals surface area contributed by atoms with E-state index in [-0.39, 0.29) is 23.7 Å². The molecule has 6 nitrogen and oxygen atoms in total. The summed E-state index contributed by atoms with van der Waals surface area (Å²) in [5.74, 6) is -0.0130. The largest absolute Gasteiger partial charge is 0.409 e. The number of hydrogen-bond acceptors (Lipinski definition) is 4. The van der Waals surface area contributed by atoms with Crippen LogP contribution in [0.5, 0.6) is 0 Å². The SMILES string of the molecule is CCCc1ccc(S(=O)(=O)NCCC(N)=NO)cc1. The Balaban J connectivity index is 2.66. The third-order valence-electron chi connectivity index (χ3n) is 2.57. The van der Waals surface area contributed by atoms with Gasteiger partial charge < -0.3 is 10.9 Å². The van der Waals surface area contributed by atoms with Gasteiger partial charge in [-0.25, -0.2) is 13.1 Å². The Morgan fingerprint density at radius 1 is 1.37 bits per heavy atom. The molecular formula is C12H19N3O3S. The number of nitrogens with two attached hydrogens (primary N) is 1. The lowest BCUT2D eigenvalue weighted by molar-refractivity contribution is 0.317. The number of aryl methyl sites for hydroxylation is 1. The molecule has 0 aliphatic heterocycles. The minimum absolute atomic E-state index is 0.0130. The first-order valence-corrected chi connectivity index (χ1v) is 7.53. The Morgan fingerprint density at radius 3 is 2.53 bits per heavy atom. The van der Waals surface area contributed by atoms with Crippen molar-refractivity contribution in [1.82, 2.24) is 4.72 Å². The number of oxime groups is 1. The summed E-state index contributed by atoms with van der Waals surface area (Å²) in [5.41, 5.74) is 6.37. The Hall–Kier alpha value is -1.60. The van der Waals surface area contributed by atoms with Crippen molar-refractivity contribution >= 4 is 15.9 Å². The van der Waals surface area contributed by atoms with E-state index in [0.29, 0.717) is 0 Å². The molecule has 1 rings (SSSR count). The molecule has 0 spiro atoms. The Kier molecular flexibility index (Phi) is 5.78. The maximum Gasteiger partial charge on any atom is 0.240 e. The first kappa shape index (κ1) is 15.5. The van der Waals surface area contributed by atoms with Crippen molar-refractivity contribution in [3.8, 4) is 0 Å². The fourth-order valence-electron chi connectivity index (χ4n) is 1.57. The average molecular weight is 285 g/mol. The fourth-order valence-corrected chi connectivity index (χ4v) is 2.60. The molecule has 0 aliphatic rings. The van der Waals surface area contributed by atoms with E-state index in [0.717, 1.165) is 18.4 Å². The van der Waals surface area contributed by atoms with Gasteiger partial charge in [0.15, 0.2) is 0 Å². The number of nitrogens with zero attached hydrogens (tertiary/aromatic N) is 1. The highest BCUT2D eigenvalue weighted by molar-refractivity contribution is 7.89. The molecule has 19 heavy (non-hydrogen) atoms. The predicted octanol–water partition coefficient (Wildman–Crippen LogP) is 1.05. The molecule has 1 aromatic rings. The van der Waals surface area contributed by atoms with E-state index in [2.05, 4.69) is 16.8 Å². The van der Waals surface area contributed by atoms with E-state index in [1.165, 1.54) is 0 Å². The number of sulfonamides is 1. The van der Waals surface area contributed by atoms with Gasteiger partial charge in [-0.2, -0.15) is 0 Å². The third-order valence-corrected chi connectivity index (χ3v) is 4.05. The van der Waals surface area contributed by atoms with Crippen LogP contribution >= 0.6 is 0 Å². The summed E-state index contributed by atoms with van der Waals surface area (Å²) in [6, 6.07) is 6.77. The summed E-state index contributed by atoms with van der Waals surface area (Å²) in [6.07, 6.45) is 2.10. The van der Waals surface area contributed by atoms with Crippen molar-refractivity contribution in [2.45, 2.75) is 31.1 Å². The fraction of sp³-hybridized carbons (Fsp3) is 0.417. The van der Waals surface area contributed by atoms with Crippen LogP contribution in [0.3, 0.4) is 0 Å². The van der Waals surface area contributed by atoms with E-state index in [1.807, 2.05) is 12.1 Å². The van der Waals surface area contributed by atoms with Crippen LogP contribution in [-0.2, 0) is 16.4 Å². The number of hydrogen-bond donors (Lipinski definition) is 3. The molecule has 0 bridgehead atoms. The molecule has 0 amide bonds. The summed E-state index contributed by atoms with van der Waals surface area (Å²) in [4.78, 5) is 0.215. The number of rotatable bonds is 7. The molecule has 1 aromatic carbocycles. The summed E-state index contributed by atoms with van der Waals surface area (Å²) >= 11 is 0. The van der Waals surface area contributed by atoms with Gasteiger partial charge in [-0.05, 0) is 24.1 Å². The van der Waals surface area contributed by atoms with Crippen LogP contribution in [0.25, 0.3) is 0 Å². The first-order valence-electron chi connectivity index (χ1n) is 6.04. The van der Waals surface area contributed by atoms with Crippen LogP contribution in [0.15, 0.2) is 34.3 Å². The predicted molar refractivity (Wildman–Crippen MR) is 73.7 cm³/mol. The molecule has 0 aliphatic carbocycles. The van der Waals surface area contributed by atoms with Gasteiger partial charge in [0, 0.05) is 13.0 Å². The molecule has 0 saturated carbocycles. The lowest BCUT2D eigenvalue weighted by atomic mass is 10.1. The van der Waals surface area contributed by atoms with Gasteiger partial charge in [0.1, 0.15) is 5.84 Å². The minimum atomic E-state index is -3.54. The molecule has 4 N–H and O–H groups in total. The zero-order chi connectivity index (χ0) is 14.3. The van der Waals surface area contributed by atoms with Crippen molar-refractivity contribution in [2.75, 3.05) is 6.54 Å². The van der Waals surface area contributed by atoms with Gasteiger partial charge in [0.2, 0.25) is 10.0 Å². The molecule has 7 heteroatoms. The van der Waals surface area contributed by atoms with Crippen LogP contribution in [-0.4, -0.2) is 26.0 Å². The van der Waals surface area contributed by atoms with Crippen molar-refractivity contribution in [3.63, 3.8) is 0 Å². The van der Waals surface area contributed by atoms with Gasteiger partial charge in [-0.15, -0.1) is 0 Å². The van der Waals surface area contributed by atoms with Crippen LogP contribution in [0.4, 0.5) is 0 Å². The Bertz CT molecular complexity index is 524. The maximum absolute atomic E-state index is 11.9. The zero-order valence-corrected chi connectivity index (χ0v) is 11.7. The van der Waals surface area contributed by atoms with Crippen LogP contribution in [0.1, 0.15) is 25.3 Å². The molecule has 0 saturated heterocycles. The smallest absolute Gasteiger partial charge is 0.240 e. The highest BCUT2D eigenvalue weighted by Gasteiger charge is 2.13.